The summed E-state index contributed by atoms with van der Waals surface area (Å²) in [7, 11) is 0. The number of carbonyl (C=O) groups excluding carboxylic acids is 2. The molecule has 1 saturated heterocycles. The summed E-state index contributed by atoms with van der Waals surface area (Å²) >= 11 is 4.21. The lowest BCUT2D eigenvalue weighted by molar-refractivity contribution is -0.129. The Balaban J connectivity index is 1.27. The van der Waals surface area contributed by atoms with Crippen molar-refractivity contribution in [3.63, 3.8) is 0 Å². The number of para-hydroxylation sites is 1. The Bertz CT molecular complexity index is 1030. The molecular formula is C24H30IN5O3S. The monoisotopic (exact) mass is 595 g/mol. The molecule has 1 fully saturated rings. The fraction of sp³-hybridized carbons (Fsp3) is 0.417. The minimum Gasteiger partial charge on any atom is -0.394 e. The van der Waals surface area contributed by atoms with Crippen molar-refractivity contribution in [3.8, 4) is 0 Å². The van der Waals surface area contributed by atoms with E-state index < -0.39 is 18.6 Å². The van der Waals surface area contributed by atoms with Crippen LogP contribution in [-0.4, -0.2) is 85.2 Å². The van der Waals surface area contributed by atoms with E-state index in [1.165, 1.54) is 24.7 Å². The fourth-order valence-electron chi connectivity index (χ4n) is 4.32. The summed E-state index contributed by atoms with van der Waals surface area (Å²) < 4.78 is 1.24. The first-order valence-corrected chi connectivity index (χ1v) is 13.3. The average molecular weight is 596 g/mol. The molecular weight excluding hydrogens is 565 g/mol. The number of benzene rings is 2. The van der Waals surface area contributed by atoms with E-state index in [4.69, 9.17) is 10.8 Å². The molecule has 2 aliphatic heterocycles. The van der Waals surface area contributed by atoms with Gasteiger partial charge in [0.05, 0.1) is 24.5 Å². The topological polar surface area (TPSA) is 102 Å². The normalized spacial score (nSPS) is 17.1. The van der Waals surface area contributed by atoms with Gasteiger partial charge in [0.1, 0.15) is 6.04 Å². The van der Waals surface area contributed by atoms with Crippen LogP contribution in [0.1, 0.15) is 6.42 Å². The first kappa shape index (κ1) is 25.2. The molecule has 2 aromatic carbocycles. The minimum atomic E-state index is -1.03. The van der Waals surface area contributed by atoms with Crippen LogP contribution in [0.15, 0.2) is 52.3 Å². The number of rotatable bonds is 9. The number of anilines is 2. The summed E-state index contributed by atoms with van der Waals surface area (Å²) in [6, 6.07) is 14.2. The van der Waals surface area contributed by atoms with E-state index in [0.29, 0.717) is 0 Å². The minimum absolute atomic E-state index is 0.204. The second kappa shape index (κ2) is 11.7. The molecule has 2 amide bonds. The second-order valence-electron chi connectivity index (χ2n) is 8.51. The Hall–Kier alpha value is -1.86. The molecule has 0 aromatic heterocycles. The molecule has 10 heteroatoms. The van der Waals surface area contributed by atoms with Crippen molar-refractivity contribution >= 4 is 57.5 Å². The third-order valence-corrected chi connectivity index (χ3v) is 7.94. The van der Waals surface area contributed by atoms with Crippen LogP contribution in [0.5, 0.6) is 0 Å². The van der Waals surface area contributed by atoms with E-state index in [0.717, 1.165) is 45.7 Å². The van der Waals surface area contributed by atoms with E-state index >= 15 is 0 Å². The van der Waals surface area contributed by atoms with Crippen molar-refractivity contribution in [3.05, 3.63) is 46.0 Å². The third-order valence-electron chi connectivity index (χ3n) is 6.14. The van der Waals surface area contributed by atoms with Crippen LogP contribution in [0.25, 0.3) is 0 Å². The summed E-state index contributed by atoms with van der Waals surface area (Å²) in [5.74, 6) is -1.02. The number of fused-ring (bicyclic) bond motifs is 2. The summed E-state index contributed by atoms with van der Waals surface area (Å²) in [6.07, 6.45) is 1.04. The molecule has 34 heavy (non-hydrogen) atoms. The Morgan fingerprint density at radius 2 is 1.74 bits per heavy atom. The first-order chi connectivity index (χ1) is 16.4. The number of primary amides is 1. The van der Waals surface area contributed by atoms with Crippen LogP contribution in [0.4, 0.5) is 11.4 Å². The highest BCUT2D eigenvalue weighted by molar-refractivity contribution is 14.1. The molecule has 0 aliphatic carbocycles. The number of nitrogens with two attached hydrogens (primary N) is 1. The van der Waals surface area contributed by atoms with Crippen molar-refractivity contribution in [1.82, 2.24) is 15.1 Å². The van der Waals surface area contributed by atoms with Crippen LogP contribution in [-0.2, 0) is 9.59 Å². The molecule has 2 aromatic rings. The van der Waals surface area contributed by atoms with Gasteiger partial charge in [0.15, 0.2) is 0 Å². The average Bonchev–Trinajstić information content (AvgIpc) is 2.83. The van der Waals surface area contributed by atoms with Gasteiger partial charge in [-0.15, -0.1) is 0 Å². The van der Waals surface area contributed by atoms with Gasteiger partial charge in [0.2, 0.25) is 11.8 Å². The molecule has 1 atom stereocenters. The van der Waals surface area contributed by atoms with E-state index in [1.807, 2.05) is 11.8 Å². The highest BCUT2D eigenvalue weighted by Crippen LogP contribution is 2.48. The fourth-order valence-corrected chi connectivity index (χ4v) is 5.87. The quantitative estimate of drug-likeness (QED) is 0.381. The van der Waals surface area contributed by atoms with E-state index in [9.17, 15) is 9.59 Å². The molecule has 2 heterocycles. The van der Waals surface area contributed by atoms with Gasteiger partial charge in [-0.25, -0.2) is 0 Å². The van der Waals surface area contributed by atoms with Gasteiger partial charge in [-0.3, -0.25) is 14.5 Å². The van der Waals surface area contributed by atoms with Gasteiger partial charge < -0.3 is 26.0 Å². The predicted molar refractivity (Wildman–Crippen MR) is 142 cm³/mol. The van der Waals surface area contributed by atoms with Gasteiger partial charge in [-0.2, -0.15) is 0 Å². The molecule has 182 valence electrons. The maximum absolute atomic E-state index is 12.1. The number of hydrogen-bond acceptors (Lipinski definition) is 7. The van der Waals surface area contributed by atoms with Crippen LogP contribution < -0.4 is 16.0 Å². The van der Waals surface area contributed by atoms with Crippen molar-refractivity contribution in [1.29, 1.82) is 0 Å². The Kier molecular flexibility index (Phi) is 8.70. The van der Waals surface area contributed by atoms with Crippen LogP contribution in [0.2, 0.25) is 0 Å². The largest absolute Gasteiger partial charge is 0.394 e. The van der Waals surface area contributed by atoms with Crippen molar-refractivity contribution in [2.45, 2.75) is 22.3 Å². The van der Waals surface area contributed by atoms with Gasteiger partial charge in [0.25, 0.3) is 0 Å². The Morgan fingerprint density at radius 1 is 1.03 bits per heavy atom. The maximum atomic E-state index is 12.1. The molecule has 8 nitrogen and oxygen atoms in total. The van der Waals surface area contributed by atoms with E-state index in [-0.39, 0.29) is 12.5 Å². The van der Waals surface area contributed by atoms with Crippen LogP contribution in [0, 0.1) is 3.57 Å². The van der Waals surface area contributed by atoms with Crippen molar-refractivity contribution in [2.24, 2.45) is 5.73 Å². The summed E-state index contributed by atoms with van der Waals surface area (Å²) in [5.41, 5.74) is 7.72. The number of aliphatic hydroxyl groups excluding tert-OH is 1. The molecule has 4 N–H and O–H groups in total. The number of carbonyl (C=O) groups is 2. The van der Waals surface area contributed by atoms with E-state index in [2.05, 4.69) is 85.1 Å². The van der Waals surface area contributed by atoms with E-state index in [1.54, 1.807) is 0 Å². The molecule has 4 rings (SSSR count). The number of halogens is 1. The summed E-state index contributed by atoms with van der Waals surface area (Å²) in [6.45, 7) is 5.03. The van der Waals surface area contributed by atoms with Gasteiger partial charge in [-0.1, -0.05) is 23.9 Å². The lowest BCUT2D eigenvalue weighted by atomic mass is 10.2. The number of hydrogen-bond donors (Lipinski definition) is 3. The number of nitrogens with zero attached hydrogens (tertiary/aromatic N) is 3. The number of piperazine rings is 1. The second-order valence-corrected chi connectivity index (χ2v) is 10.8. The van der Waals surface area contributed by atoms with Gasteiger partial charge in [0, 0.05) is 46.1 Å². The van der Waals surface area contributed by atoms with Gasteiger partial charge in [-0.05, 0) is 65.9 Å². The lowest BCUT2D eigenvalue weighted by Gasteiger charge is -2.36. The van der Waals surface area contributed by atoms with Crippen LogP contribution >= 0.6 is 34.4 Å². The number of amides is 2. The molecule has 0 saturated carbocycles. The molecule has 0 bridgehead atoms. The number of nitrogens with one attached hydrogen (secondary N) is 1. The van der Waals surface area contributed by atoms with Crippen LogP contribution in [0.3, 0.4) is 0 Å². The molecule has 2 aliphatic rings. The zero-order chi connectivity index (χ0) is 24.1. The number of aliphatic hydroxyl groups is 1. The summed E-state index contributed by atoms with van der Waals surface area (Å²) in [5, 5.41) is 11.6. The SMILES string of the molecule is NC(=O)[C@H](CO)NC(=O)CN1CCN(CCCN2c3ccccc3Sc3ccc(I)cc32)CC1. The standard InChI is InChI=1S/C24H30IN5O3S/c25-17-6-7-22-20(14-17)30(19-4-1-2-5-21(19)34-22)9-3-8-28-10-12-29(13-11-28)15-23(32)27-18(16-31)24(26)33/h1-2,4-7,14,18,31H,3,8-13,15-16H2,(H2,26,33)(H,27,32)/t18-/m0/s1. The first-order valence-electron chi connectivity index (χ1n) is 11.4. The molecule has 0 unspecified atom stereocenters. The summed E-state index contributed by atoms with van der Waals surface area (Å²) in [4.78, 5) is 32.9. The van der Waals surface area contributed by atoms with Crippen molar-refractivity contribution < 1.29 is 14.7 Å². The smallest absolute Gasteiger partial charge is 0.242 e. The lowest BCUT2D eigenvalue weighted by Crippen LogP contribution is -2.53. The highest BCUT2D eigenvalue weighted by Gasteiger charge is 2.25. The third kappa shape index (κ3) is 6.22. The predicted octanol–water partition coefficient (Wildman–Crippen LogP) is 1.86. The molecule has 0 spiro atoms. The maximum Gasteiger partial charge on any atom is 0.242 e. The Labute approximate surface area is 218 Å². The zero-order valence-electron chi connectivity index (χ0n) is 19.0. The molecule has 0 radical (unpaired) electrons. The van der Waals surface area contributed by atoms with Crippen molar-refractivity contribution in [2.75, 3.05) is 57.3 Å². The Morgan fingerprint density at radius 3 is 2.47 bits per heavy atom. The highest BCUT2D eigenvalue weighted by atomic mass is 127. The zero-order valence-corrected chi connectivity index (χ0v) is 21.9. The van der Waals surface area contributed by atoms with Gasteiger partial charge >= 0.3 is 0 Å².